The lowest BCUT2D eigenvalue weighted by Gasteiger charge is -2.23. The van der Waals surface area contributed by atoms with Gasteiger partial charge in [-0.15, -0.1) is 0 Å². The average molecular weight is 441 g/mol. The summed E-state index contributed by atoms with van der Waals surface area (Å²) >= 11 is 10.5. The van der Waals surface area contributed by atoms with Crippen molar-refractivity contribution >= 4 is 61.6 Å². The summed E-state index contributed by atoms with van der Waals surface area (Å²) in [5.74, 6) is -0.120. The number of benzene rings is 1. The van der Waals surface area contributed by atoms with Crippen LogP contribution in [0.15, 0.2) is 22.7 Å². The molecule has 0 radical (unpaired) electrons. The van der Waals surface area contributed by atoms with E-state index in [0.717, 1.165) is 8.04 Å². The highest BCUT2D eigenvalue weighted by Gasteiger charge is 2.22. The fourth-order valence-corrected chi connectivity index (χ4v) is 2.17. The van der Waals surface area contributed by atoms with Crippen LogP contribution >= 0.6 is 50.7 Å². The number of halogens is 2. The molecule has 0 spiro atoms. The highest BCUT2D eigenvalue weighted by atomic mass is 127. The zero-order valence-corrected chi connectivity index (χ0v) is 14.6. The van der Waals surface area contributed by atoms with E-state index < -0.39 is 0 Å². The van der Waals surface area contributed by atoms with Crippen LogP contribution in [-0.4, -0.2) is 17.4 Å². The van der Waals surface area contributed by atoms with Crippen molar-refractivity contribution < 1.29 is 4.79 Å². The van der Waals surface area contributed by atoms with Crippen LogP contribution in [0.4, 0.5) is 0 Å². The van der Waals surface area contributed by atoms with Gasteiger partial charge in [-0.1, -0.05) is 42.0 Å². The standard InChI is InChI=1S/C12H14BrIN2OS/c1-12(2,11(15)18)6-16-10(17)8-5-7(13)3-4-9(8)14/h3-5H,6H2,1-2H3,(H2,15,18)(H,16,17). The average Bonchev–Trinajstić information content (AvgIpc) is 2.29. The van der Waals surface area contributed by atoms with Crippen LogP contribution in [0, 0.1) is 8.99 Å². The molecule has 3 nitrogen and oxygen atoms in total. The van der Waals surface area contributed by atoms with E-state index in [-0.39, 0.29) is 11.3 Å². The lowest BCUT2D eigenvalue weighted by molar-refractivity contribution is 0.0944. The molecule has 0 atom stereocenters. The fourth-order valence-electron chi connectivity index (χ4n) is 1.16. The third-order valence-electron chi connectivity index (χ3n) is 2.53. The maximum absolute atomic E-state index is 12.1. The van der Waals surface area contributed by atoms with Gasteiger partial charge in [-0.25, -0.2) is 0 Å². The highest BCUT2D eigenvalue weighted by molar-refractivity contribution is 14.1. The predicted molar refractivity (Wildman–Crippen MR) is 89.8 cm³/mol. The Balaban J connectivity index is 2.78. The third-order valence-corrected chi connectivity index (χ3v) is 4.52. The molecule has 0 aliphatic heterocycles. The van der Waals surface area contributed by atoms with Gasteiger partial charge < -0.3 is 11.1 Å². The van der Waals surface area contributed by atoms with Crippen LogP contribution in [0.25, 0.3) is 0 Å². The number of nitrogens with one attached hydrogen (secondary N) is 1. The second-order valence-electron chi connectivity index (χ2n) is 4.55. The molecule has 6 heteroatoms. The van der Waals surface area contributed by atoms with Gasteiger partial charge in [0.2, 0.25) is 0 Å². The highest BCUT2D eigenvalue weighted by Crippen LogP contribution is 2.19. The van der Waals surface area contributed by atoms with E-state index in [1.807, 2.05) is 26.0 Å². The molecular weight excluding hydrogens is 427 g/mol. The first-order valence-electron chi connectivity index (χ1n) is 5.27. The quantitative estimate of drug-likeness (QED) is 0.558. The number of rotatable bonds is 4. The van der Waals surface area contributed by atoms with E-state index >= 15 is 0 Å². The Labute approximate surface area is 134 Å². The zero-order valence-electron chi connectivity index (χ0n) is 10.1. The Hall–Kier alpha value is -0.210. The lowest BCUT2D eigenvalue weighted by Crippen LogP contribution is -2.41. The fraction of sp³-hybridized carbons (Fsp3) is 0.333. The Morgan fingerprint density at radius 1 is 1.56 bits per heavy atom. The van der Waals surface area contributed by atoms with Crippen LogP contribution in [0.5, 0.6) is 0 Å². The number of hydrogen-bond acceptors (Lipinski definition) is 2. The van der Waals surface area contributed by atoms with Crippen molar-refractivity contribution in [2.24, 2.45) is 11.1 Å². The van der Waals surface area contributed by atoms with Gasteiger partial charge in [-0.3, -0.25) is 4.79 Å². The minimum Gasteiger partial charge on any atom is -0.393 e. The molecule has 98 valence electrons. The maximum Gasteiger partial charge on any atom is 0.252 e. The molecule has 1 rings (SSSR count). The zero-order chi connectivity index (χ0) is 13.9. The Morgan fingerprint density at radius 3 is 2.72 bits per heavy atom. The first-order chi connectivity index (χ1) is 8.24. The summed E-state index contributed by atoms with van der Waals surface area (Å²) in [6.07, 6.45) is 0. The molecule has 0 aliphatic carbocycles. The van der Waals surface area contributed by atoms with E-state index in [9.17, 15) is 4.79 Å². The third kappa shape index (κ3) is 4.17. The topological polar surface area (TPSA) is 55.1 Å². The van der Waals surface area contributed by atoms with Gasteiger partial charge in [-0.2, -0.15) is 0 Å². The van der Waals surface area contributed by atoms with Gasteiger partial charge in [0, 0.05) is 20.0 Å². The van der Waals surface area contributed by atoms with Gasteiger partial charge in [0.25, 0.3) is 5.91 Å². The van der Waals surface area contributed by atoms with Gasteiger partial charge in [-0.05, 0) is 40.8 Å². The predicted octanol–water partition coefficient (Wildman–Crippen LogP) is 3.10. The molecule has 18 heavy (non-hydrogen) atoms. The molecule has 3 N–H and O–H groups in total. The summed E-state index contributed by atoms with van der Waals surface area (Å²) in [7, 11) is 0. The van der Waals surface area contributed by atoms with Crippen LogP contribution in [0.2, 0.25) is 0 Å². The molecule has 0 aromatic heterocycles. The van der Waals surface area contributed by atoms with Crippen molar-refractivity contribution in [3.8, 4) is 0 Å². The number of amides is 1. The summed E-state index contributed by atoms with van der Waals surface area (Å²) in [5, 5.41) is 2.86. The Kier molecular flexibility index (Phi) is 5.54. The summed E-state index contributed by atoms with van der Waals surface area (Å²) in [4.78, 5) is 12.5. The maximum atomic E-state index is 12.1. The first kappa shape index (κ1) is 15.8. The number of carbonyl (C=O) groups excluding carboxylic acids is 1. The largest absolute Gasteiger partial charge is 0.393 e. The molecule has 1 amide bonds. The molecule has 0 bridgehead atoms. The molecule has 0 unspecified atom stereocenters. The smallest absolute Gasteiger partial charge is 0.252 e. The van der Waals surface area contributed by atoms with Crippen molar-refractivity contribution in [3.05, 3.63) is 31.8 Å². The lowest BCUT2D eigenvalue weighted by atomic mass is 9.93. The number of nitrogens with two attached hydrogens (primary N) is 1. The van der Waals surface area contributed by atoms with Crippen LogP contribution in [-0.2, 0) is 0 Å². The second kappa shape index (κ2) is 6.29. The molecule has 0 aliphatic rings. The van der Waals surface area contributed by atoms with E-state index in [1.54, 1.807) is 6.07 Å². The van der Waals surface area contributed by atoms with E-state index in [4.69, 9.17) is 18.0 Å². The Morgan fingerprint density at radius 2 is 2.17 bits per heavy atom. The molecule has 1 aromatic rings. The monoisotopic (exact) mass is 440 g/mol. The van der Waals surface area contributed by atoms with Gasteiger partial charge in [0.15, 0.2) is 0 Å². The normalized spacial score (nSPS) is 11.1. The Bertz CT molecular complexity index is 491. The van der Waals surface area contributed by atoms with Crippen molar-refractivity contribution in [2.75, 3.05) is 6.54 Å². The second-order valence-corrected chi connectivity index (χ2v) is 7.07. The van der Waals surface area contributed by atoms with Crippen molar-refractivity contribution in [2.45, 2.75) is 13.8 Å². The molecule has 1 aromatic carbocycles. The molecular formula is C12H14BrIN2OS. The minimum absolute atomic E-state index is 0.120. The van der Waals surface area contributed by atoms with E-state index in [0.29, 0.717) is 17.1 Å². The van der Waals surface area contributed by atoms with Crippen molar-refractivity contribution in [1.82, 2.24) is 5.32 Å². The van der Waals surface area contributed by atoms with Crippen LogP contribution in [0.3, 0.4) is 0 Å². The molecule has 0 saturated carbocycles. The first-order valence-corrected chi connectivity index (χ1v) is 7.55. The number of carbonyl (C=O) groups is 1. The molecule has 0 saturated heterocycles. The summed E-state index contributed by atoms with van der Waals surface area (Å²) in [6.45, 7) is 4.23. The number of hydrogen-bond donors (Lipinski definition) is 2. The summed E-state index contributed by atoms with van der Waals surface area (Å²) in [5.41, 5.74) is 5.88. The van der Waals surface area contributed by atoms with Crippen LogP contribution < -0.4 is 11.1 Å². The van der Waals surface area contributed by atoms with E-state index in [1.165, 1.54) is 0 Å². The van der Waals surface area contributed by atoms with Crippen molar-refractivity contribution in [3.63, 3.8) is 0 Å². The van der Waals surface area contributed by atoms with Gasteiger partial charge in [0.1, 0.15) is 0 Å². The van der Waals surface area contributed by atoms with E-state index in [2.05, 4.69) is 43.8 Å². The SMILES string of the molecule is CC(C)(CNC(=O)c1cc(Br)ccc1I)C(N)=S. The minimum atomic E-state index is -0.386. The van der Waals surface area contributed by atoms with Crippen LogP contribution in [0.1, 0.15) is 24.2 Å². The van der Waals surface area contributed by atoms with Gasteiger partial charge in [0.05, 0.1) is 10.6 Å². The molecule has 0 heterocycles. The van der Waals surface area contributed by atoms with Crippen molar-refractivity contribution in [1.29, 1.82) is 0 Å². The van der Waals surface area contributed by atoms with Gasteiger partial charge >= 0.3 is 0 Å². The summed E-state index contributed by atoms with van der Waals surface area (Å²) in [6, 6.07) is 5.58. The summed E-state index contributed by atoms with van der Waals surface area (Å²) < 4.78 is 1.78. The molecule has 0 fully saturated rings. The number of thiocarbonyl (C=S) groups is 1.